The predicted molar refractivity (Wildman–Crippen MR) is 124 cm³/mol. The zero-order chi connectivity index (χ0) is 21.5. The van der Waals surface area contributed by atoms with Crippen molar-refractivity contribution in [1.82, 2.24) is 14.8 Å². The zero-order valence-corrected chi connectivity index (χ0v) is 18.0. The SMILES string of the molecule is COc1cc2ncc3c(-c4ccc(C)cc4)nn(-c4ccc(C)cc4)c3c2cc1OC. The summed E-state index contributed by atoms with van der Waals surface area (Å²) in [4.78, 5) is 4.73. The maximum atomic E-state index is 5.58. The van der Waals surface area contributed by atoms with Crippen molar-refractivity contribution in [3.8, 4) is 28.4 Å². The molecule has 0 amide bonds. The minimum Gasteiger partial charge on any atom is -0.493 e. The molecule has 5 nitrogen and oxygen atoms in total. The number of rotatable bonds is 4. The van der Waals surface area contributed by atoms with Crippen LogP contribution >= 0.6 is 0 Å². The third-order valence-electron chi connectivity index (χ3n) is 5.62. The van der Waals surface area contributed by atoms with Gasteiger partial charge in [-0.15, -0.1) is 0 Å². The standard InChI is InChI=1S/C26H23N3O2/c1-16-5-9-18(10-6-16)25-21-15-27-22-14-24(31-4)23(30-3)13-20(22)26(21)29(28-25)19-11-7-17(2)8-12-19/h5-15H,1-4H3. The van der Waals surface area contributed by atoms with Crippen LogP contribution in [0.2, 0.25) is 0 Å². The van der Waals surface area contributed by atoms with E-state index in [1.807, 2.05) is 23.0 Å². The molecule has 0 N–H and O–H groups in total. The molecule has 3 aromatic carbocycles. The number of aromatic nitrogens is 3. The molecule has 5 rings (SSSR count). The van der Waals surface area contributed by atoms with Gasteiger partial charge >= 0.3 is 0 Å². The van der Waals surface area contributed by atoms with Crippen LogP contribution in [0.4, 0.5) is 0 Å². The maximum absolute atomic E-state index is 5.58. The molecule has 5 heteroatoms. The van der Waals surface area contributed by atoms with Gasteiger partial charge in [-0.1, -0.05) is 47.5 Å². The lowest BCUT2D eigenvalue weighted by molar-refractivity contribution is 0.356. The fraction of sp³-hybridized carbons (Fsp3) is 0.154. The van der Waals surface area contributed by atoms with Crippen LogP contribution in [0.25, 0.3) is 38.8 Å². The van der Waals surface area contributed by atoms with Crippen molar-refractivity contribution in [3.63, 3.8) is 0 Å². The fourth-order valence-corrected chi connectivity index (χ4v) is 3.91. The van der Waals surface area contributed by atoms with E-state index in [0.29, 0.717) is 11.5 Å². The Morgan fingerprint density at radius 2 is 1.35 bits per heavy atom. The number of aryl methyl sites for hydroxylation is 2. The Hall–Kier alpha value is -3.86. The van der Waals surface area contributed by atoms with Gasteiger partial charge in [0.2, 0.25) is 0 Å². The molecule has 0 spiro atoms. The van der Waals surface area contributed by atoms with Crippen LogP contribution in [-0.2, 0) is 0 Å². The largest absolute Gasteiger partial charge is 0.493 e. The molecule has 0 aliphatic heterocycles. The average Bonchev–Trinajstić information content (AvgIpc) is 3.19. The summed E-state index contributed by atoms with van der Waals surface area (Å²) >= 11 is 0. The van der Waals surface area contributed by atoms with E-state index in [1.165, 1.54) is 11.1 Å². The molecular weight excluding hydrogens is 386 g/mol. The molecule has 0 bridgehead atoms. The maximum Gasteiger partial charge on any atom is 0.162 e. The summed E-state index contributed by atoms with van der Waals surface area (Å²) in [6, 6.07) is 20.7. The Morgan fingerprint density at radius 1 is 0.742 bits per heavy atom. The van der Waals surface area contributed by atoms with Gasteiger partial charge in [-0.2, -0.15) is 5.10 Å². The second kappa shape index (κ2) is 7.43. The summed E-state index contributed by atoms with van der Waals surface area (Å²) in [5.41, 5.74) is 7.20. The normalized spacial score (nSPS) is 11.2. The Morgan fingerprint density at radius 3 is 2.00 bits per heavy atom. The average molecular weight is 409 g/mol. The smallest absolute Gasteiger partial charge is 0.162 e. The minimum atomic E-state index is 0.655. The lowest BCUT2D eigenvalue weighted by atomic mass is 10.1. The Balaban J connectivity index is 1.89. The van der Waals surface area contributed by atoms with Crippen LogP contribution in [0.1, 0.15) is 11.1 Å². The van der Waals surface area contributed by atoms with Crippen LogP contribution in [0.5, 0.6) is 11.5 Å². The van der Waals surface area contributed by atoms with Crippen molar-refractivity contribution >= 4 is 21.8 Å². The van der Waals surface area contributed by atoms with E-state index >= 15 is 0 Å². The molecular formula is C26H23N3O2. The quantitative estimate of drug-likeness (QED) is 0.372. The van der Waals surface area contributed by atoms with E-state index in [-0.39, 0.29) is 0 Å². The molecule has 0 aliphatic carbocycles. The summed E-state index contributed by atoms with van der Waals surface area (Å²) in [6.07, 6.45) is 1.90. The molecule has 2 aromatic heterocycles. The molecule has 0 radical (unpaired) electrons. The van der Waals surface area contributed by atoms with Gasteiger partial charge in [0.15, 0.2) is 11.5 Å². The van der Waals surface area contributed by atoms with Crippen molar-refractivity contribution < 1.29 is 9.47 Å². The van der Waals surface area contributed by atoms with Crippen molar-refractivity contribution in [1.29, 1.82) is 0 Å². The summed E-state index contributed by atoms with van der Waals surface area (Å²) in [5.74, 6) is 1.32. The third kappa shape index (κ3) is 3.19. The molecule has 0 saturated carbocycles. The molecule has 5 aromatic rings. The molecule has 2 heterocycles. The summed E-state index contributed by atoms with van der Waals surface area (Å²) in [7, 11) is 3.28. The number of ether oxygens (including phenoxy) is 2. The second-order valence-electron chi connectivity index (χ2n) is 7.71. The van der Waals surface area contributed by atoms with Gasteiger partial charge in [-0.05, 0) is 32.0 Å². The molecule has 0 aliphatic rings. The van der Waals surface area contributed by atoms with E-state index in [0.717, 1.165) is 38.8 Å². The Kier molecular flexibility index (Phi) is 4.59. The molecule has 31 heavy (non-hydrogen) atoms. The third-order valence-corrected chi connectivity index (χ3v) is 5.62. The lowest BCUT2D eigenvalue weighted by Gasteiger charge is -2.11. The number of benzene rings is 3. The van der Waals surface area contributed by atoms with Crippen molar-refractivity contribution in [2.45, 2.75) is 13.8 Å². The second-order valence-corrected chi connectivity index (χ2v) is 7.71. The first-order valence-corrected chi connectivity index (χ1v) is 10.2. The first-order chi connectivity index (χ1) is 15.1. The van der Waals surface area contributed by atoms with Gasteiger partial charge in [0.05, 0.1) is 30.9 Å². The molecule has 0 atom stereocenters. The topological polar surface area (TPSA) is 49.2 Å². The van der Waals surface area contributed by atoms with Crippen molar-refractivity contribution in [2.24, 2.45) is 0 Å². The highest BCUT2D eigenvalue weighted by Crippen LogP contribution is 2.38. The number of methoxy groups -OCH3 is 2. The number of pyridine rings is 1. The highest BCUT2D eigenvalue weighted by atomic mass is 16.5. The van der Waals surface area contributed by atoms with Crippen molar-refractivity contribution in [3.05, 3.63) is 78.0 Å². The predicted octanol–water partition coefficient (Wildman–Crippen LogP) is 5.87. The van der Waals surface area contributed by atoms with E-state index in [1.54, 1.807) is 14.2 Å². The van der Waals surface area contributed by atoms with Gasteiger partial charge in [0.25, 0.3) is 0 Å². The monoisotopic (exact) mass is 409 g/mol. The van der Waals surface area contributed by atoms with Crippen LogP contribution in [0.15, 0.2) is 66.9 Å². The van der Waals surface area contributed by atoms with E-state index in [9.17, 15) is 0 Å². The van der Waals surface area contributed by atoms with E-state index in [4.69, 9.17) is 19.6 Å². The number of nitrogens with zero attached hydrogens (tertiary/aromatic N) is 3. The van der Waals surface area contributed by atoms with Gasteiger partial charge in [-0.25, -0.2) is 4.68 Å². The van der Waals surface area contributed by atoms with Crippen molar-refractivity contribution in [2.75, 3.05) is 14.2 Å². The van der Waals surface area contributed by atoms with E-state index in [2.05, 4.69) is 62.4 Å². The number of hydrogen-bond donors (Lipinski definition) is 0. The number of hydrogen-bond acceptors (Lipinski definition) is 4. The highest BCUT2D eigenvalue weighted by molar-refractivity contribution is 6.09. The Bertz CT molecular complexity index is 1400. The Labute approximate surface area is 180 Å². The lowest BCUT2D eigenvalue weighted by Crippen LogP contribution is -1.98. The van der Waals surface area contributed by atoms with Crippen LogP contribution < -0.4 is 9.47 Å². The molecule has 0 unspecified atom stereocenters. The zero-order valence-electron chi connectivity index (χ0n) is 18.0. The first kappa shape index (κ1) is 19.1. The van der Waals surface area contributed by atoms with E-state index < -0.39 is 0 Å². The van der Waals surface area contributed by atoms with Gasteiger partial charge in [-0.3, -0.25) is 4.98 Å². The summed E-state index contributed by atoms with van der Waals surface area (Å²) < 4.78 is 13.1. The summed E-state index contributed by atoms with van der Waals surface area (Å²) in [6.45, 7) is 4.17. The molecule has 0 saturated heterocycles. The molecule has 0 fully saturated rings. The van der Waals surface area contributed by atoms with Crippen LogP contribution in [0, 0.1) is 13.8 Å². The molecule has 154 valence electrons. The van der Waals surface area contributed by atoms with Gasteiger partial charge < -0.3 is 9.47 Å². The fourth-order valence-electron chi connectivity index (χ4n) is 3.91. The number of fused-ring (bicyclic) bond motifs is 3. The van der Waals surface area contributed by atoms with Gasteiger partial charge in [0, 0.05) is 28.6 Å². The van der Waals surface area contributed by atoms with Crippen LogP contribution in [-0.4, -0.2) is 29.0 Å². The van der Waals surface area contributed by atoms with Crippen LogP contribution in [0.3, 0.4) is 0 Å². The summed E-state index contributed by atoms with van der Waals surface area (Å²) in [5, 5.41) is 6.99. The highest BCUT2D eigenvalue weighted by Gasteiger charge is 2.19. The minimum absolute atomic E-state index is 0.655. The van der Waals surface area contributed by atoms with Gasteiger partial charge in [0.1, 0.15) is 5.69 Å². The first-order valence-electron chi connectivity index (χ1n) is 10.2.